The molecule has 4 N–H and O–H groups in total. The molecule has 0 aliphatic heterocycles. The quantitative estimate of drug-likeness (QED) is 0.357. The topological polar surface area (TPSA) is 122 Å². The smallest absolute Gasteiger partial charge is 0.243 e. The van der Waals surface area contributed by atoms with Gasteiger partial charge in [-0.25, -0.2) is 8.42 Å². The van der Waals surface area contributed by atoms with Crippen LogP contribution in [0, 0.1) is 5.41 Å². The molecule has 0 aromatic heterocycles. The van der Waals surface area contributed by atoms with E-state index < -0.39 is 27.6 Å². The molecule has 0 fully saturated rings. The van der Waals surface area contributed by atoms with Crippen LogP contribution in [0.15, 0.2) is 59.5 Å². The number of aliphatic hydroxyl groups is 1. The summed E-state index contributed by atoms with van der Waals surface area (Å²) in [7, 11) is -2.42. The third-order valence-corrected chi connectivity index (χ3v) is 7.38. The van der Waals surface area contributed by atoms with E-state index in [4.69, 9.17) is 10.5 Å². The van der Waals surface area contributed by atoms with Gasteiger partial charge in [0.1, 0.15) is 5.75 Å². The number of benzene rings is 2. The van der Waals surface area contributed by atoms with Crippen molar-refractivity contribution < 1.29 is 23.1 Å². The molecular weight excluding hydrogens is 442 g/mol. The zero-order valence-corrected chi connectivity index (χ0v) is 20.3. The zero-order valence-electron chi connectivity index (χ0n) is 19.5. The second kappa shape index (κ2) is 12.1. The van der Waals surface area contributed by atoms with Crippen LogP contribution in [0.3, 0.4) is 0 Å². The van der Waals surface area contributed by atoms with Crippen molar-refractivity contribution in [2.24, 2.45) is 11.1 Å². The van der Waals surface area contributed by atoms with Gasteiger partial charge in [-0.15, -0.1) is 0 Å². The minimum Gasteiger partial charge on any atom is -0.497 e. The summed E-state index contributed by atoms with van der Waals surface area (Å²) in [5.41, 5.74) is 6.24. The molecule has 0 heterocycles. The molecule has 2 aromatic rings. The molecule has 0 aliphatic rings. The Morgan fingerprint density at radius 2 is 1.79 bits per heavy atom. The number of ether oxygens (including phenoxy) is 1. The molecule has 9 heteroatoms. The van der Waals surface area contributed by atoms with Gasteiger partial charge in [-0.2, -0.15) is 4.31 Å². The van der Waals surface area contributed by atoms with Crippen LogP contribution in [0.1, 0.15) is 25.8 Å². The highest BCUT2D eigenvalue weighted by Gasteiger charge is 2.34. The summed E-state index contributed by atoms with van der Waals surface area (Å²) in [6.07, 6.45) is 0.371. The number of hydrogen-bond donors (Lipinski definition) is 3. The van der Waals surface area contributed by atoms with Crippen LogP contribution < -0.4 is 15.8 Å². The summed E-state index contributed by atoms with van der Waals surface area (Å²) in [6, 6.07) is 14.9. The lowest BCUT2D eigenvalue weighted by atomic mass is 9.89. The number of nitrogens with two attached hydrogens (primary N) is 1. The second-order valence-electron chi connectivity index (χ2n) is 8.82. The average Bonchev–Trinajstić information content (AvgIpc) is 2.78. The summed E-state index contributed by atoms with van der Waals surface area (Å²) in [4.78, 5) is 11.3. The molecule has 8 nitrogen and oxygen atoms in total. The number of nitrogens with zero attached hydrogens (tertiary/aromatic N) is 1. The fourth-order valence-corrected chi connectivity index (χ4v) is 5.34. The van der Waals surface area contributed by atoms with Crippen molar-refractivity contribution in [3.8, 4) is 5.75 Å². The number of carbonyl (C=O) groups is 1. The zero-order chi connectivity index (χ0) is 24.5. The molecule has 182 valence electrons. The van der Waals surface area contributed by atoms with E-state index in [9.17, 15) is 18.3 Å². The van der Waals surface area contributed by atoms with Gasteiger partial charge in [0.15, 0.2) is 0 Å². The van der Waals surface area contributed by atoms with E-state index in [1.54, 1.807) is 12.1 Å². The lowest BCUT2D eigenvalue weighted by Crippen LogP contribution is -2.50. The molecular formula is C24H35N3O5S. The molecule has 0 aliphatic carbocycles. The fourth-order valence-electron chi connectivity index (χ4n) is 3.69. The van der Waals surface area contributed by atoms with E-state index in [2.05, 4.69) is 5.32 Å². The fraction of sp³-hybridized carbons (Fsp3) is 0.458. The van der Waals surface area contributed by atoms with E-state index in [-0.39, 0.29) is 18.0 Å². The minimum absolute atomic E-state index is 0.0991. The van der Waals surface area contributed by atoms with Crippen LogP contribution in [0.25, 0.3) is 0 Å². The molecule has 0 saturated heterocycles. The Hall–Kier alpha value is -2.46. The van der Waals surface area contributed by atoms with Gasteiger partial charge in [-0.3, -0.25) is 4.79 Å². The van der Waals surface area contributed by atoms with Crippen LogP contribution in [0.4, 0.5) is 0 Å². The van der Waals surface area contributed by atoms with Gasteiger partial charge in [-0.05, 0) is 54.6 Å². The third-order valence-electron chi connectivity index (χ3n) is 5.56. The molecule has 2 rings (SSSR count). The monoisotopic (exact) mass is 477 g/mol. The van der Waals surface area contributed by atoms with E-state index in [1.165, 1.54) is 23.5 Å². The third kappa shape index (κ3) is 7.82. The number of carbonyl (C=O) groups excluding carboxylic acids is 1. The van der Waals surface area contributed by atoms with Crippen LogP contribution in [0.5, 0.6) is 5.75 Å². The Balaban J connectivity index is 2.33. The number of methoxy groups -OCH3 is 1. The first-order valence-electron chi connectivity index (χ1n) is 10.9. The Morgan fingerprint density at radius 3 is 2.33 bits per heavy atom. The highest BCUT2D eigenvalue weighted by molar-refractivity contribution is 7.89. The van der Waals surface area contributed by atoms with Gasteiger partial charge in [-0.1, -0.05) is 44.2 Å². The lowest BCUT2D eigenvalue weighted by Gasteiger charge is -2.34. The van der Waals surface area contributed by atoms with Crippen molar-refractivity contribution in [3.05, 3.63) is 60.2 Å². The van der Waals surface area contributed by atoms with Crippen LogP contribution in [-0.4, -0.2) is 63.1 Å². The predicted octanol–water partition coefficient (Wildman–Crippen LogP) is 1.78. The summed E-state index contributed by atoms with van der Waals surface area (Å²) in [5, 5.41) is 13.7. The lowest BCUT2D eigenvalue weighted by molar-refractivity contribution is -0.111. The molecule has 0 saturated carbocycles. The Kier molecular flexibility index (Phi) is 9.85. The molecule has 0 spiro atoms. The Labute approximate surface area is 196 Å². The molecule has 2 atom stereocenters. The van der Waals surface area contributed by atoms with Crippen molar-refractivity contribution in [1.82, 2.24) is 9.62 Å². The molecule has 2 unspecified atom stereocenters. The van der Waals surface area contributed by atoms with Gasteiger partial charge in [0, 0.05) is 13.1 Å². The number of rotatable bonds is 14. The highest BCUT2D eigenvalue weighted by atomic mass is 32.2. The number of amides is 1. The standard InChI is InChI=1S/C24H35N3O5S/c1-24(2,13-14-25)17-27(33(30,31)21-11-9-20(32-3)10-12-21)16-23(29)22(26-18-28)15-19-7-5-4-6-8-19/h4-12,18,22-23,29H,13-17,25H2,1-3H3,(H,26,28). The summed E-state index contributed by atoms with van der Waals surface area (Å²) in [6.45, 7) is 4.27. The largest absolute Gasteiger partial charge is 0.497 e. The number of sulfonamides is 1. The van der Waals surface area contributed by atoms with E-state index in [0.717, 1.165) is 5.56 Å². The number of aliphatic hydroxyl groups excluding tert-OH is 1. The van der Waals surface area contributed by atoms with Crippen molar-refractivity contribution in [1.29, 1.82) is 0 Å². The first-order valence-corrected chi connectivity index (χ1v) is 12.3. The van der Waals surface area contributed by atoms with Crippen molar-refractivity contribution in [2.45, 2.75) is 43.7 Å². The van der Waals surface area contributed by atoms with Crippen LogP contribution in [-0.2, 0) is 21.2 Å². The normalized spacial score (nSPS) is 14.0. The maximum absolute atomic E-state index is 13.5. The second-order valence-corrected chi connectivity index (χ2v) is 10.8. The Morgan fingerprint density at radius 1 is 1.15 bits per heavy atom. The minimum atomic E-state index is -3.93. The van der Waals surface area contributed by atoms with Crippen molar-refractivity contribution >= 4 is 16.4 Å². The van der Waals surface area contributed by atoms with Crippen LogP contribution in [0.2, 0.25) is 0 Å². The highest BCUT2D eigenvalue weighted by Crippen LogP contribution is 2.27. The summed E-state index contributed by atoms with van der Waals surface area (Å²) < 4.78 is 33.5. The van der Waals surface area contributed by atoms with E-state index in [1.807, 2.05) is 44.2 Å². The first kappa shape index (κ1) is 26.8. The van der Waals surface area contributed by atoms with E-state index >= 15 is 0 Å². The van der Waals surface area contributed by atoms with E-state index in [0.29, 0.717) is 31.5 Å². The Bertz CT molecular complexity index is 965. The molecule has 33 heavy (non-hydrogen) atoms. The summed E-state index contributed by atoms with van der Waals surface area (Å²) in [5.74, 6) is 0.544. The van der Waals surface area contributed by atoms with Gasteiger partial charge in [0.25, 0.3) is 0 Å². The molecule has 2 aromatic carbocycles. The van der Waals surface area contributed by atoms with Gasteiger partial charge < -0.3 is 20.9 Å². The molecule has 0 radical (unpaired) electrons. The van der Waals surface area contributed by atoms with Gasteiger partial charge in [0.2, 0.25) is 16.4 Å². The maximum atomic E-state index is 13.5. The number of nitrogens with one attached hydrogen (secondary N) is 1. The first-order chi connectivity index (χ1) is 15.6. The van der Waals surface area contributed by atoms with Crippen LogP contribution >= 0.6 is 0 Å². The van der Waals surface area contributed by atoms with Crippen molar-refractivity contribution in [2.75, 3.05) is 26.7 Å². The maximum Gasteiger partial charge on any atom is 0.243 e. The molecule has 1 amide bonds. The van der Waals surface area contributed by atoms with Gasteiger partial charge in [0.05, 0.1) is 24.2 Å². The average molecular weight is 478 g/mol. The predicted molar refractivity (Wildman–Crippen MR) is 128 cm³/mol. The van der Waals surface area contributed by atoms with Crippen molar-refractivity contribution in [3.63, 3.8) is 0 Å². The number of hydrogen-bond acceptors (Lipinski definition) is 6. The summed E-state index contributed by atoms with van der Waals surface area (Å²) >= 11 is 0. The molecule has 0 bridgehead atoms. The SMILES string of the molecule is COc1ccc(S(=O)(=O)N(CC(O)C(Cc2ccccc2)NC=O)CC(C)(C)CCN)cc1. The van der Waals surface area contributed by atoms with Gasteiger partial charge >= 0.3 is 0 Å².